The summed E-state index contributed by atoms with van der Waals surface area (Å²) in [6, 6.07) is 0. The number of epoxide rings is 1. The predicted molar refractivity (Wildman–Crippen MR) is 56.8 cm³/mol. The van der Waals surface area contributed by atoms with Crippen LogP contribution in [-0.2, 0) is 14.3 Å². The molecule has 0 aliphatic carbocycles. The quantitative estimate of drug-likeness (QED) is 0.419. The van der Waals surface area contributed by atoms with Gasteiger partial charge in [-0.25, -0.2) is 0 Å². The van der Waals surface area contributed by atoms with Crippen LogP contribution in [0.5, 0.6) is 0 Å². The molecular weight excluding hydrogens is 216 g/mol. The van der Waals surface area contributed by atoms with Gasteiger partial charge in [-0.15, -0.1) is 11.6 Å². The zero-order chi connectivity index (χ0) is 10.7. The van der Waals surface area contributed by atoms with Gasteiger partial charge in [0, 0.05) is 5.88 Å². The average molecular weight is 229 g/mol. The number of rotatable bonds is 4. The molecule has 2 aliphatic rings. The highest BCUT2D eigenvalue weighted by Crippen LogP contribution is 2.32. The fourth-order valence-electron chi connectivity index (χ4n) is 1.69. The number of ketones is 1. The smallest absolute Gasteiger partial charge is 0.186 e. The van der Waals surface area contributed by atoms with Gasteiger partial charge >= 0.3 is 0 Å². The van der Waals surface area contributed by atoms with Gasteiger partial charge in [0.05, 0.1) is 6.26 Å². The van der Waals surface area contributed by atoms with Crippen molar-refractivity contribution in [3.8, 4) is 0 Å². The first-order chi connectivity index (χ1) is 7.33. The van der Waals surface area contributed by atoms with Crippen molar-refractivity contribution in [2.45, 2.75) is 31.2 Å². The number of carbonyl (C=O) groups excluding carboxylic acids is 1. The van der Waals surface area contributed by atoms with Gasteiger partial charge in [-0.05, 0) is 25.0 Å². The summed E-state index contributed by atoms with van der Waals surface area (Å²) >= 11 is 5.44. The molecule has 0 radical (unpaired) electrons. The molecule has 0 bridgehead atoms. The van der Waals surface area contributed by atoms with Crippen molar-refractivity contribution in [1.82, 2.24) is 0 Å². The Kier molecular flexibility index (Phi) is 3.44. The minimum Gasteiger partial charge on any atom is -0.496 e. The second kappa shape index (κ2) is 4.81. The standard InChI is InChI=1S/C11H13ClO3/c12-6-3-4-8(13)10-11(15-10)9-5-1-2-7-14-9/h2-4,7,9-11H,1,5-6H2. The van der Waals surface area contributed by atoms with Crippen LogP contribution in [0.4, 0.5) is 0 Å². The van der Waals surface area contributed by atoms with Crippen LogP contribution < -0.4 is 0 Å². The second-order valence-corrected chi connectivity index (χ2v) is 3.91. The van der Waals surface area contributed by atoms with Crippen molar-refractivity contribution >= 4 is 17.4 Å². The summed E-state index contributed by atoms with van der Waals surface area (Å²) in [5.74, 6) is 0.338. The fraction of sp³-hybridized carbons (Fsp3) is 0.545. The Morgan fingerprint density at radius 2 is 2.47 bits per heavy atom. The van der Waals surface area contributed by atoms with Crippen LogP contribution in [0.25, 0.3) is 0 Å². The van der Waals surface area contributed by atoms with Gasteiger partial charge in [-0.1, -0.05) is 6.08 Å². The summed E-state index contributed by atoms with van der Waals surface area (Å²) < 4.78 is 10.7. The van der Waals surface area contributed by atoms with Crippen LogP contribution in [0.3, 0.4) is 0 Å². The molecule has 1 saturated heterocycles. The molecule has 2 heterocycles. The summed E-state index contributed by atoms with van der Waals surface area (Å²) in [5.41, 5.74) is 0. The van der Waals surface area contributed by atoms with Crippen molar-refractivity contribution < 1.29 is 14.3 Å². The topological polar surface area (TPSA) is 38.8 Å². The summed E-state index contributed by atoms with van der Waals surface area (Å²) in [6.07, 6.45) is 8.33. The van der Waals surface area contributed by atoms with Gasteiger partial charge in [0.2, 0.25) is 0 Å². The average Bonchev–Trinajstić information content (AvgIpc) is 3.07. The highest BCUT2D eigenvalue weighted by molar-refractivity contribution is 6.19. The van der Waals surface area contributed by atoms with Crippen molar-refractivity contribution in [2.24, 2.45) is 0 Å². The first-order valence-electron chi connectivity index (χ1n) is 5.05. The molecule has 4 heteroatoms. The van der Waals surface area contributed by atoms with E-state index in [2.05, 4.69) is 0 Å². The summed E-state index contributed by atoms with van der Waals surface area (Å²) in [4.78, 5) is 11.5. The fourth-order valence-corrected chi connectivity index (χ4v) is 1.77. The Morgan fingerprint density at radius 1 is 1.60 bits per heavy atom. The molecule has 0 saturated carbocycles. The highest BCUT2D eigenvalue weighted by Gasteiger charge is 2.49. The van der Waals surface area contributed by atoms with E-state index >= 15 is 0 Å². The third-order valence-electron chi connectivity index (χ3n) is 2.51. The Morgan fingerprint density at radius 3 is 3.13 bits per heavy atom. The van der Waals surface area contributed by atoms with E-state index in [-0.39, 0.29) is 24.1 Å². The lowest BCUT2D eigenvalue weighted by atomic mass is 10.1. The van der Waals surface area contributed by atoms with Crippen LogP contribution in [0, 0.1) is 0 Å². The van der Waals surface area contributed by atoms with Crippen molar-refractivity contribution in [3.63, 3.8) is 0 Å². The van der Waals surface area contributed by atoms with Crippen LogP contribution in [0.1, 0.15) is 12.8 Å². The van der Waals surface area contributed by atoms with Crippen molar-refractivity contribution in [1.29, 1.82) is 0 Å². The molecule has 0 N–H and O–H groups in total. The monoisotopic (exact) mass is 228 g/mol. The molecule has 82 valence electrons. The van der Waals surface area contributed by atoms with E-state index in [9.17, 15) is 4.79 Å². The van der Waals surface area contributed by atoms with Gasteiger partial charge in [-0.2, -0.15) is 0 Å². The molecule has 0 aromatic rings. The Bertz CT molecular complexity index is 298. The lowest BCUT2D eigenvalue weighted by Gasteiger charge is -2.16. The third kappa shape index (κ3) is 2.61. The van der Waals surface area contributed by atoms with E-state index in [0.29, 0.717) is 5.88 Å². The van der Waals surface area contributed by atoms with E-state index in [0.717, 1.165) is 12.8 Å². The summed E-state index contributed by atoms with van der Waals surface area (Å²) in [5, 5.41) is 0. The number of alkyl halides is 1. The zero-order valence-electron chi connectivity index (χ0n) is 8.27. The Balaban J connectivity index is 1.82. The minimum absolute atomic E-state index is 0.0150. The number of allylic oxidation sites excluding steroid dienone is 2. The van der Waals surface area contributed by atoms with E-state index in [1.54, 1.807) is 12.3 Å². The Hall–Kier alpha value is -0.800. The number of carbonyl (C=O) groups is 1. The molecule has 3 nitrogen and oxygen atoms in total. The van der Waals surface area contributed by atoms with Crippen LogP contribution in [0.15, 0.2) is 24.5 Å². The zero-order valence-corrected chi connectivity index (χ0v) is 9.02. The number of hydrogen-bond acceptors (Lipinski definition) is 3. The van der Waals surface area contributed by atoms with Gasteiger partial charge in [-0.3, -0.25) is 4.79 Å². The minimum atomic E-state index is -0.319. The largest absolute Gasteiger partial charge is 0.496 e. The SMILES string of the molecule is O=C(C=CCCl)C1OC1C1CCC=CO1. The maximum atomic E-state index is 11.5. The molecule has 0 aromatic carbocycles. The van der Waals surface area contributed by atoms with Gasteiger partial charge < -0.3 is 9.47 Å². The molecule has 0 amide bonds. The molecule has 3 unspecified atom stereocenters. The molecule has 0 spiro atoms. The molecule has 2 aliphatic heterocycles. The van der Waals surface area contributed by atoms with E-state index in [1.807, 2.05) is 6.08 Å². The molecule has 0 aromatic heterocycles. The number of hydrogen-bond donors (Lipinski definition) is 0. The third-order valence-corrected chi connectivity index (χ3v) is 2.69. The first kappa shape index (κ1) is 10.7. The van der Waals surface area contributed by atoms with Crippen molar-refractivity contribution in [3.05, 3.63) is 24.5 Å². The summed E-state index contributed by atoms with van der Waals surface area (Å²) in [6.45, 7) is 0. The molecule has 2 rings (SSSR count). The predicted octanol–water partition coefficient (Wildman–Crippen LogP) is 1.81. The molecule has 15 heavy (non-hydrogen) atoms. The van der Waals surface area contributed by atoms with E-state index in [4.69, 9.17) is 21.1 Å². The van der Waals surface area contributed by atoms with Gasteiger partial charge in [0.15, 0.2) is 11.9 Å². The normalized spacial score (nSPS) is 34.1. The number of halogens is 1. The second-order valence-electron chi connectivity index (χ2n) is 3.60. The van der Waals surface area contributed by atoms with E-state index < -0.39 is 0 Å². The van der Waals surface area contributed by atoms with Crippen molar-refractivity contribution in [2.75, 3.05) is 5.88 Å². The van der Waals surface area contributed by atoms with Gasteiger partial charge in [0.25, 0.3) is 0 Å². The lowest BCUT2D eigenvalue weighted by Crippen LogP contribution is -2.23. The molecule has 1 fully saturated rings. The van der Waals surface area contributed by atoms with Crippen LogP contribution in [-0.4, -0.2) is 30.0 Å². The van der Waals surface area contributed by atoms with Crippen LogP contribution >= 0.6 is 11.6 Å². The summed E-state index contributed by atoms with van der Waals surface area (Å²) in [7, 11) is 0. The highest BCUT2D eigenvalue weighted by atomic mass is 35.5. The first-order valence-corrected chi connectivity index (χ1v) is 5.58. The molecular formula is C11H13ClO3. The van der Waals surface area contributed by atoms with E-state index in [1.165, 1.54) is 6.08 Å². The van der Waals surface area contributed by atoms with Crippen LogP contribution in [0.2, 0.25) is 0 Å². The maximum absolute atomic E-state index is 11.5. The van der Waals surface area contributed by atoms with Gasteiger partial charge in [0.1, 0.15) is 12.2 Å². The number of ether oxygens (including phenoxy) is 2. The Labute approximate surface area is 93.7 Å². The molecule has 3 atom stereocenters. The maximum Gasteiger partial charge on any atom is 0.186 e. The lowest BCUT2D eigenvalue weighted by molar-refractivity contribution is -0.115.